The van der Waals surface area contributed by atoms with Crippen molar-refractivity contribution in [3.8, 4) is 0 Å². The molecule has 0 atom stereocenters. The molecule has 0 aliphatic carbocycles. The molecule has 0 radical (unpaired) electrons. The maximum atomic E-state index is 4.54. The molecule has 0 unspecified atom stereocenters. The highest BCUT2D eigenvalue weighted by atomic mass is 14.9. The lowest BCUT2D eigenvalue weighted by Crippen LogP contribution is -1.90. The SMILES string of the molecule is Cn1ccc2c3ncccc3c3cccnc3c21. The third-order valence-corrected chi connectivity index (χ3v) is 3.46. The van der Waals surface area contributed by atoms with Gasteiger partial charge in [0.15, 0.2) is 0 Å². The summed E-state index contributed by atoms with van der Waals surface area (Å²) in [5, 5.41) is 3.49. The van der Waals surface area contributed by atoms with E-state index in [0.717, 1.165) is 21.9 Å². The van der Waals surface area contributed by atoms with Gasteiger partial charge in [0.1, 0.15) is 0 Å². The Bertz CT molecular complexity index is 890. The van der Waals surface area contributed by atoms with E-state index in [1.807, 2.05) is 31.6 Å². The topological polar surface area (TPSA) is 30.7 Å². The van der Waals surface area contributed by atoms with Crippen LogP contribution in [0.2, 0.25) is 0 Å². The minimum Gasteiger partial charge on any atom is -0.349 e. The van der Waals surface area contributed by atoms with E-state index in [9.17, 15) is 0 Å². The number of rotatable bonds is 0. The van der Waals surface area contributed by atoms with Crippen molar-refractivity contribution in [2.75, 3.05) is 0 Å². The predicted octanol–water partition coefficient (Wildman–Crippen LogP) is 3.27. The summed E-state index contributed by atoms with van der Waals surface area (Å²) in [4.78, 5) is 9.08. The van der Waals surface area contributed by atoms with Crippen molar-refractivity contribution in [2.45, 2.75) is 0 Å². The number of hydrogen-bond donors (Lipinski definition) is 0. The number of hydrogen-bond acceptors (Lipinski definition) is 2. The van der Waals surface area contributed by atoms with Crippen LogP contribution in [0.5, 0.6) is 0 Å². The quantitative estimate of drug-likeness (QED) is 0.436. The standard InChI is InChI=1S/C15H11N3/c1-18-9-6-12-13-10(4-2-7-16-13)11-5-3-8-17-14(11)15(12)18/h2-9H,1H3. The van der Waals surface area contributed by atoms with Crippen molar-refractivity contribution in [3.05, 3.63) is 48.9 Å². The van der Waals surface area contributed by atoms with Gasteiger partial charge in [-0.1, -0.05) is 12.1 Å². The summed E-state index contributed by atoms with van der Waals surface area (Å²) in [7, 11) is 2.05. The van der Waals surface area contributed by atoms with Crippen LogP contribution in [0.4, 0.5) is 0 Å². The first kappa shape index (κ1) is 9.59. The molecule has 0 fully saturated rings. The zero-order valence-corrected chi connectivity index (χ0v) is 9.96. The lowest BCUT2D eigenvalue weighted by Gasteiger charge is -2.06. The molecular formula is C15H11N3. The van der Waals surface area contributed by atoms with Crippen molar-refractivity contribution in [1.29, 1.82) is 0 Å². The van der Waals surface area contributed by atoms with E-state index >= 15 is 0 Å². The Morgan fingerprint density at radius 1 is 0.833 bits per heavy atom. The van der Waals surface area contributed by atoms with Crippen LogP contribution in [0.3, 0.4) is 0 Å². The van der Waals surface area contributed by atoms with Gasteiger partial charge in [-0.05, 0) is 18.2 Å². The van der Waals surface area contributed by atoms with Gasteiger partial charge < -0.3 is 4.57 Å². The van der Waals surface area contributed by atoms with Crippen LogP contribution in [0.25, 0.3) is 32.7 Å². The summed E-state index contributed by atoms with van der Waals surface area (Å²) >= 11 is 0. The summed E-state index contributed by atoms with van der Waals surface area (Å²) < 4.78 is 2.11. The molecule has 3 heterocycles. The first-order chi connectivity index (χ1) is 8.86. The van der Waals surface area contributed by atoms with Crippen LogP contribution in [0.15, 0.2) is 48.9 Å². The van der Waals surface area contributed by atoms with Gasteiger partial charge in [0.05, 0.1) is 16.6 Å². The van der Waals surface area contributed by atoms with E-state index < -0.39 is 0 Å². The predicted molar refractivity (Wildman–Crippen MR) is 73.5 cm³/mol. The van der Waals surface area contributed by atoms with Crippen LogP contribution in [-0.4, -0.2) is 14.5 Å². The molecule has 3 heteroatoms. The van der Waals surface area contributed by atoms with Gasteiger partial charge in [-0.2, -0.15) is 0 Å². The molecule has 0 N–H and O–H groups in total. The Hall–Kier alpha value is -2.42. The highest BCUT2D eigenvalue weighted by Crippen LogP contribution is 2.32. The van der Waals surface area contributed by atoms with E-state index in [-0.39, 0.29) is 0 Å². The second-order valence-corrected chi connectivity index (χ2v) is 4.49. The largest absolute Gasteiger partial charge is 0.349 e. The Morgan fingerprint density at radius 2 is 1.50 bits per heavy atom. The van der Waals surface area contributed by atoms with Gasteiger partial charge in [0, 0.05) is 41.8 Å². The fourth-order valence-corrected chi connectivity index (χ4v) is 2.66. The normalized spacial score (nSPS) is 11.6. The molecule has 3 aromatic heterocycles. The van der Waals surface area contributed by atoms with Crippen molar-refractivity contribution in [2.24, 2.45) is 7.05 Å². The molecule has 0 spiro atoms. The minimum absolute atomic E-state index is 1.04. The van der Waals surface area contributed by atoms with Gasteiger partial charge in [-0.15, -0.1) is 0 Å². The average Bonchev–Trinajstić information content (AvgIpc) is 2.82. The van der Waals surface area contributed by atoms with Crippen molar-refractivity contribution < 1.29 is 0 Å². The fourth-order valence-electron chi connectivity index (χ4n) is 2.66. The van der Waals surface area contributed by atoms with Gasteiger partial charge in [0.2, 0.25) is 0 Å². The third-order valence-electron chi connectivity index (χ3n) is 3.46. The second-order valence-electron chi connectivity index (χ2n) is 4.49. The van der Waals surface area contributed by atoms with E-state index in [1.54, 1.807) is 0 Å². The van der Waals surface area contributed by atoms with Crippen molar-refractivity contribution >= 4 is 32.7 Å². The van der Waals surface area contributed by atoms with Crippen LogP contribution in [-0.2, 0) is 7.05 Å². The molecular weight excluding hydrogens is 222 g/mol. The Balaban J connectivity index is 2.48. The zero-order chi connectivity index (χ0) is 12.1. The Labute approximate surface area is 104 Å². The molecule has 86 valence electrons. The monoisotopic (exact) mass is 233 g/mol. The van der Waals surface area contributed by atoms with Gasteiger partial charge in [-0.3, -0.25) is 9.97 Å². The van der Waals surface area contributed by atoms with Crippen LogP contribution >= 0.6 is 0 Å². The highest BCUT2D eigenvalue weighted by Gasteiger charge is 2.11. The second kappa shape index (κ2) is 3.29. The molecule has 0 amide bonds. The molecule has 0 aliphatic rings. The van der Waals surface area contributed by atoms with Gasteiger partial charge in [0.25, 0.3) is 0 Å². The molecule has 0 saturated carbocycles. The number of aromatic nitrogens is 3. The Morgan fingerprint density at radius 3 is 2.28 bits per heavy atom. The summed E-state index contributed by atoms with van der Waals surface area (Å²) in [6.45, 7) is 0. The van der Waals surface area contributed by atoms with Gasteiger partial charge in [-0.25, -0.2) is 0 Å². The van der Waals surface area contributed by atoms with E-state index in [0.29, 0.717) is 0 Å². The molecule has 0 aliphatic heterocycles. The first-order valence-corrected chi connectivity index (χ1v) is 5.93. The summed E-state index contributed by atoms with van der Waals surface area (Å²) in [5.74, 6) is 0. The molecule has 4 rings (SSSR count). The third kappa shape index (κ3) is 1.08. The summed E-state index contributed by atoms with van der Waals surface area (Å²) in [5.41, 5.74) is 3.24. The van der Waals surface area contributed by atoms with Gasteiger partial charge >= 0.3 is 0 Å². The maximum Gasteiger partial charge on any atom is 0.0952 e. The molecule has 0 saturated heterocycles. The number of pyridine rings is 2. The van der Waals surface area contributed by atoms with Crippen molar-refractivity contribution in [1.82, 2.24) is 14.5 Å². The first-order valence-electron chi connectivity index (χ1n) is 5.93. The summed E-state index contributed by atoms with van der Waals surface area (Å²) in [6.07, 6.45) is 5.75. The van der Waals surface area contributed by atoms with Crippen LogP contribution in [0.1, 0.15) is 0 Å². The fraction of sp³-hybridized carbons (Fsp3) is 0.0667. The number of aryl methyl sites for hydroxylation is 1. The maximum absolute atomic E-state index is 4.54. The molecule has 3 nitrogen and oxygen atoms in total. The average molecular weight is 233 g/mol. The minimum atomic E-state index is 1.04. The number of nitrogens with zero attached hydrogens (tertiary/aromatic N) is 3. The van der Waals surface area contributed by atoms with E-state index in [1.165, 1.54) is 10.8 Å². The highest BCUT2D eigenvalue weighted by molar-refractivity contribution is 6.21. The van der Waals surface area contributed by atoms with Crippen molar-refractivity contribution in [3.63, 3.8) is 0 Å². The number of benzene rings is 1. The lowest BCUT2D eigenvalue weighted by molar-refractivity contribution is 0.971. The summed E-state index contributed by atoms with van der Waals surface area (Å²) in [6, 6.07) is 10.3. The zero-order valence-electron chi connectivity index (χ0n) is 9.96. The smallest absolute Gasteiger partial charge is 0.0952 e. The molecule has 4 aromatic rings. The van der Waals surface area contributed by atoms with E-state index in [4.69, 9.17) is 0 Å². The lowest BCUT2D eigenvalue weighted by atomic mass is 10.1. The van der Waals surface area contributed by atoms with E-state index in [2.05, 4.69) is 38.9 Å². The Kier molecular flexibility index (Phi) is 1.75. The molecule has 0 bridgehead atoms. The number of fused-ring (bicyclic) bond motifs is 6. The molecule has 18 heavy (non-hydrogen) atoms. The van der Waals surface area contributed by atoms with Crippen LogP contribution < -0.4 is 0 Å². The van der Waals surface area contributed by atoms with Crippen LogP contribution in [0, 0.1) is 0 Å². The molecule has 1 aromatic carbocycles.